The molecule has 1 N–H and O–H groups in total. The maximum absolute atomic E-state index is 12.3. The van der Waals surface area contributed by atoms with Gasteiger partial charge in [0.15, 0.2) is 0 Å². The monoisotopic (exact) mass is 298 g/mol. The molecule has 0 spiro atoms. The molecule has 1 aliphatic heterocycles. The van der Waals surface area contributed by atoms with Crippen molar-refractivity contribution in [2.24, 2.45) is 0 Å². The molecule has 22 heavy (non-hydrogen) atoms. The molecule has 0 aromatic carbocycles. The molecule has 0 amide bonds. The quantitative estimate of drug-likeness (QED) is 0.937. The second kappa shape index (κ2) is 6.40. The van der Waals surface area contributed by atoms with Crippen LogP contribution in [-0.2, 0) is 25.9 Å². The minimum Gasteiger partial charge on any atom is -0.310 e. The molecule has 3 heterocycles. The van der Waals surface area contributed by atoms with Crippen LogP contribution in [0.15, 0.2) is 23.3 Å². The van der Waals surface area contributed by atoms with Crippen LogP contribution in [0.3, 0.4) is 0 Å². The fourth-order valence-electron chi connectivity index (χ4n) is 2.93. The van der Waals surface area contributed by atoms with Gasteiger partial charge in [-0.05, 0) is 30.5 Å². The van der Waals surface area contributed by atoms with Gasteiger partial charge in [-0.15, -0.1) is 0 Å². The van der Waals surface area contributed by atoms with Crippen molar-refractivity contribution in [2.45, 2.75) is 46.2 Å². The normalized spacial score (nSPS) is 14.8. The Labute approximate surface area is 130 Å². The van der Waals surface area contributed by atoms with Gasteiger partial charge >= 0.3 is 0 Å². The molecule has 0 fully saturated rings. The number of aromatic nitrogens is 3. The second-order valence-electron chi connectivity index (χ2n) is 5.95. The van der Waals surface area contributed by atoms with Gasteiger partial charge in [0.05, 0.1) is 11.3 Å². The molecule has 0 radical (unpaired) electrons. The van der Waals surface area contributed by atoms with Crippen molar-refractivity contribution in [3.8, 4) is 0 Å². The van der Waals surface area contributed by atoms with Crippen molar-refractivity contribution < 1.29 is 0 Å². The summed E-state index contributed by atoms with van der Waals surface area (Å²) in [5.41, 5.74) is 4.30. The number of rotatable bonds is 4. The second-order valence-corrected chi connectivity index (χ2v) is 5.95. The van der Waals surface area contributed by atoms with Gasteiger partial charge in [-0.25, -0.2) is 4.98 Å². The standard InChI is InChI=1S/C17H22N4O/c1-3-4-16-19-15-6-8-21(11-14(15)17(22)20-16)10-13-9-18-7-5-12(13)2/h5,7,9H,3-4,6,8,10-11H2,1-2H3,(H,19,20,22). The van der Waals surface area contributed by atoms with Crippen LogP contribution in [0.5, 0.6) is 0 Å². The Kier molecular flexibility index (Phi) is 4.34. The molecule has 0 saturated heterocycles. The summed E-state index contributed by atoms with van der Waals surface area (Å²) in [4.78, 5) is 26.3. The molecule has 5 heteroatoms. The first-order chi connectivity index (χ1) is 10.7. The van der Waals surface area contributed by atoms with Crippen LogP contribution in [0, 0.1) is 6.92 Å². The molecule has 0 unspecified atom stereocenters. The van der Waals surface area contributed by atoms with Gasteiger partial charge in [-0.1, -0.05) is 6.92 Å². The van der Waals surface area contributed by atoms with Crippen LogP contribution in [0.1, 0.15) is 41.6 Å². The van der Waals surface area contributed by atoms with E-state index in [2.05, 4.69) is 33.7 Å². The molecule has 2 aromatic heterocycles. The van der Waals surface area contributed by atoms with Crippen LogP contribution in [0.4, 0.5) is 0 Å². The van der Waals surface area contributed by atoms with Crippen molar-refractivity contribution in [1.82, 2.24) is 19.9 Å². The summed E-state index contributed by atoms with van der Waals surface area (Å²) in [6.07, 6.45) is 6.40. The number of aromatic amines is 1. The molecule has 116 valence electrons. The Balaban J connectivity index is 1.79. The Morgan fingerprint density at radius 1 is 1.41 bits per heavy atom. The number of hydrogen-bond acceptors (Lipinski definition) is 4. The number of H-pyrrole nitrogens is 1. The van der Waals surface area contributed by atoms with E-state index in [1.807, 2.05) is 18.5 Å². The van der Waals surface area contributed by atoms with Gasteiger partial charge in [0.25, 0.3) is 5.56 Å². The van der Waals surface area contributed by atoms with Gasteiger partial charge in [0.2, 0.25) is 0 Å². The Morgan fingerprint density at radius 3 is 3.05 bits per heavy atom. The predicted molar refractivity (Wildman–Crippen MR) is 85.6 cm³/mol. The first-order valence-electron chi connectivity index (χ1n) is 7.90. The molecule has 5 nitrogen and oxygen atoms in total. The molecule has 0 aliphatic carbocycles. The molecule has 0 bridgehead atoms. The number of nitrogens with one attached hydrogen (secondary N) is 1. The van der Waals surface area contributed by atoms with Gasteiger partial charge in [0, 0.05) is 44.9 Å². The molecule has 2 aromatic rings. The lowest BCUT2D eigenvalue weighted by Gasteiger charge is -2.28. The van der Waals surface area contributed by atoms with E-state index in [-0.39, 0.29) is 5.56 Å². The zero-order valence-corrected chi connectivity index (χ0v) is 13.2. The summed E-state index contributed by atoms with van der Waals surface area (Å²) >= 11 is 0. The fraction of sp³-hybridized carbons (Fsp3) is 0.471. The minimum atomic E-state index is 0.0288. The lowest BCUT2D eigenvalue weighted by atomic mass is 10.0. The van der Waals surface area contributed by atoms with E-state index in [1.165, 1.54) is 11.1 Å². The van der Waals surface area contributed by atoms with E-state index in [0.29, 0.717) is 6.54 Å². The molecular weight excluding hydrogens is 276 g/mol. The van der Waals surface area contributed by atoms with Crippen molar-refractivity contribution in [3.63, 3.8) is 0 Å². The summed E-state index contributed by atoms with van der Waals surface area (Å²) in [7, 11) is 0. The summed E-state index contributed by atoms with van der Waals surface area (Å²) < 4.78 is 0. The van der Waals surface area contributed by atoms with Crippen molar-refractivity contribution >= 4 is 0 Å². The number of pyridine rings is 1. The van der Waals surface area contributed by atoms with Crippen molar-refractivity contribution in [3.05, 3.63) is 57.0 Å². The first-order valence-corrected chi connectivity index (χ1v) is 7.90. The average Bonchev–Trinajstić information content (AvgIpc) is 2.51. The highest BCUT2D eigenvalue weighted by Crippen LogP contribution is 2.17. The van der Waals surface area contributed by atoms with Gasteiger partial charge in [-0.2, -0.15) is 0 Å². The van der Waals surface area contributed by atoms with Crippen molar-refractivity contribution in [1.29, 1.82) is 0 Å². The third-order valence-electron chi connectivity index (χ3n) is 4.22. The zero-order valence-electron chi connectivity index (χ0n) is 13.2. The van der Waals surface area contributed by atoms with E-state index < -0.39 is 0 Å². The minimum absolute atomic E-state index is 0.0288. The maximum atomic E-state index is 12.3. The van der Waals surface area contributed by atoms with E-state index in [0.717, 1.165) is 49.4 Å². The number of nitrogens with zero attached hydrogens (tertiary/aromatic N) is 3. The third kappa shape index (κ3) is 3.09. The molecule has 3 rings (SSSR count). The zero-order chi connectivity index (χ0) is 15.5. The van der Waals surface area contributed by atoms with Crippen LogP contribution < -0.4 is 5.56 Å². The Hall–Kier alpha value is -2.01. The van der Waals surface area contributed by atoms with Gasteiger partial charge in [-0.3, -0.25) is 14.7 Å². The van der Waals surface area contributed by atoms with E-state index in [9.17, 15) is 4.79 Å². The highest BCUT2D eigenvalue weighted by Gasteiger charge is 2.21. The van der Waals surface area contributed by atoms with Crippen LogP contribution >= 0.6 is 0 Å². The molecule has 0 atom stereocenters. The molecular formula is C17H22N4O. The fourth-order valence-corrected chi connectivity index (χ4v) is 2.93. The summed E-state index contributed by atoms with van der Waals surface area (Å²) in [5, 5.41) is 0. The Morgan fingerprint density at radius 2 is 2.27 bits per heavy atom. The number of aryl methyl sites for hydroxylation is 2. The number of fused-ring (bicyclic) bond motifs is 1. The largest absolute Gasteiger partial charge is 0.310 e. The van der Waals surface area contributed by atoms with Crippen LogP contribution in [0.25, 0.3) is 0 Å². The van der Waals surface area contributed by atoms with E-state index in [4.69, 9.17) is 0 Å². The summed E-state index contributed by atoms with van der Waals surface area (Å²) in [6, 6.07) is 2.03. The van der Waals surface area contributed by atoms with Gasteiger partial charge in [0.1, 0.15) is 5.82 Å². The predicted octanol–water partition coefficient (Wildman–Crippen LogP) is 1.98. The highest BCUT2D eigenvalue weighted by atomic mass is 16.1. The smallest absolute Gasteiger partial charge is 0.255 e. The average molecular weight is 298 g/mol. The highest BCUT2D eigenvalue weighted by molar-refractivity contribution is 5.24. The number of hydrogen-bond donors (Lipinski definition) is 1. The maximum Gasteiger partial charge on any atom is 0.255 e. The lowest BCUT2D eigenvalue weighted by molar-refractivity contribution is 0.240. The summed E-state index contributed by atoms with van der Waals surface area (Å²) in [6.45, 7) is 6.62. The first kappa shape index (κ1) is 14.9. The lowest BCUT2D eigenvalue weighted by Crippen LogP contribution is -2.36. The van der Waals surface area contributed by atoms with E-state index in [1.54, 1.807) is 0 Å². The van der Waals surface area contributed by atoms with Crippen LogP contribution in [-0.4, -0.2) is 26.4 Å². The Bertz CT molecular complexity index is 723. The van der Waals surface area contributed by atoms with Gasteiger partial charge < -0.3 is 4.98 Å². The molecule has 1 aliphatic rings. The van der Waals surface area contributed by atoms with Crippen molar-refractivity contribution in [2.75, 3.05) is 6.54 Å². The third-order valence-corrected chi connectivity index (χ3v) is 4.22. The summed E-state index contributed by atoms with van der Waals surface area (Å²) in [5.74, 6) is 0.822. The SMILES string of the molecule is CCCc1nc2c(c(=O)[nH]1)CN(Cc1cnccc1C)CC2. The molecule has 0 saturated carbocycles. The van der Waals surface area contributed by atoms with Crippen LogP contribution in [0.2, 0.25) is 0 Å². The van der Waals surface area contributed by atoms with E-state index >= 15 is 0 Å². The topological polar surface area (TPSA) is 61.9 Å².